The molecule has 0 amide bonds. The number of carbonyl (C=O) groups excluding carboxylic acids is 1. The minimum Gasteiger partial charge on any atom is -0.329 e. The van der Waals surface area contributed by atoms with Crippen molar-refractivity contribution in [1.29, 1.82) is 0 Å². The molecular weight excluding hydrogens is 130 g/mol. The monoisotopic (exact) mass is 137 g/mol. The van der Waals surface area contributed by atoms with Gasteiger partial charge < -0.3 is 4.98 Å². The van der Waals surface area contributed by atoms with Gasteiger partial charge in [-0.25, -0.2) is 0 Å². The first-order chi connectivity index (χ1) is 4.74. The van der Waals surface area contributed by atoms with E-state index >= 15 is 0 Å². The van der Waals surface area contributed by atoms with Crippen molar-refractivity contribution in [2.24, 2.45) is 0 Å². The van der Waals surface area contributed by atoms with Crippen molar-refractivity contribution in [3.63, 3.8) is 0 Å². The van der Waals surface area contributed by atoms with Crippen LogP contribution < -0.4 is 5.56 Å². The lowest BCUT2D eigenvalue weighted by Gasteiger charge is -1.92. The van der Waals surface area contributed by atoms with Crippen LogP contribution in [-0.2, 0) is 0 Å². The lowest BCUT2D eigenvalue weighted by atomic mass is 10.2. The second kappa shape index (κ2) is 2.47. The Kier molecular flexibility index (Phi) is 1.67. The van der Waals surface area contributed by atoms with Gasteiger partial charge in [0.05, 0.1) is 0 Å². The SMILES string of the molecule is Cc1c[nH]c(=O)cc1C=O. The highest BCUT2D eigenvalue weighted by atomic mass is 16.1. The van der Waals surface area contributed by atoms with Crippen LogP contribution in [0, 0.1) is 6.92 Å². The van der Waals surface area contributed by atoms with Gasteiger partial charge in [-0.05, 0) is 12.5 Å². The zero-order valence-corrected chi connectivity index (χ0v) is 5.55. The first-order valence-corrected chi connectivity index (χ1v) is 2.88. The summed E-state index contributed by atoms with van der Waals surface area (Å²) in [4.78, 5) is 23.3. The van der Waals surface area contributed by atoms with Gasteiger partial charge >= 0.3 is 0 Å². The standard InChI is InChI=1S/C7H7NO2/c1-5-3-8-7(10)2-6(5)4-9/h2-4H,1H3,(H,8,10). The van der Waals surface area contributed by atoms with Gasteiger partial charge in [-0.2, -0.15) is 0 Å². The van der Waals surface area contributed by atoms with E-state index in [-0.39, 0.29) is 5.56 Å². The topological polar surface area (TPSA) is 49.9 Å². The zero-order chi connectivity index (χ0) is 7.56. The molecule has 0 unspecified atom stereocenters. The molecule has 0 spiro atoms. The molecule has 0 radical (unpaired) electrons. The highest BCUT2D eigenvalue weighted by Gasteiger charge is 1.94. The van der Waals surface area contributed by atoms with Crippen LogP contribution in [0.1, 0.15) is 15.9 Å². The minimum atomic E-state index is -0.243. The number of nitrogens with one attached hydrogen (secondary N) is 1. The van der Waals surface area contributed by atoms with Gasteiger partial charge in [-0.15, -0.1) is 0 Å². The maximum Gasteiger partial charge on any atom is 0.248 e. The van der Waals surface area contributed by atoms with Gasteiger partial charge in [0.15, 0.2) is 6.29 Å². The predicted molar refractivity (Wildman–Crippen MR) is 37.2 cm³/mol. The number of carbonyl (C=O) groups is 1. The van der Waals surface area contributed by atoms with Crippen molar-refractivity contribution in [3.8, 4) is 0 Å². The Morgan fingerprint density at radius 3 is 2.80 bits per heavy atom. The van der Waals surface area contributed by atoms with E-state index in [4.69, 9.17) is 0 Å². The smallest absolute Gasteiger partial charge is 0.248 e. The van der Waals surface area contributed by atoms with Crippen LogP contribution in [0.3, 0.4) is 0 Å². The van der Waals surface area contributed by atoms with Gasteiger partial charge in [0.1, 0.15) is 0 Å². The average Bonchev–Trinajstić information content (AvgIpc) is 1.94. The molecule has 0 saturated carbocycles. The molecule has 1 rings (SSSR count). The van der Waals surface area contributed by atoms with Crippen LogP contribution >= 0.6 is 0 Å². The number of pyridine rings is 1. The van der Waals surface area contributed by atoms with Crippen LogP contribution in [0.25, 0.3) is 0 Å². The van der Waals surface area contributed by atoms with Crippen molar-refractivity contribution in [1.82, 2.24) is 4.98 Å². The largest absolute Gasteiger partial charge is 0.329 e. The molecule has 1 aromatic rings. The van der Waals surface area contributed by atoms with E-state index in [0.717, 1.165) is 5.56 Å². The molecule has 0 aliphatic heterocycles. The highest BCUT2D eigenvalue weighted by molar-refractivity contribution is 5.76. The van der Waals surface area contributed by atoms with Crippen LogP contribution in [0.5, 0.6) is 0 Å². The Morgan fingerprint density at radius 2 is 2.30 bits per heavy atom. The normalized spacial score (nSPS) is 9.30. The summed E-state index contributed by atoms with van der Waals surface area (Å²) in [5.41, 5.74) is 0.992. The quantitative estimate of drug-likeness (QED) is 0.573. The molecule has 1 N–H and O–H groups in total. The Balaban J connectivity index is 3.35. The zero-order valence-electron chi connectivity index (χ0n) is 5.55. The molecule has 0 saturated heterocycles. The minimum absolute atomic E-state index is 0.243. The highest BCUT2D eigenvalue weighted by Crippen LogP contribution is 1.96. The predicted octanol–water partition coefficient (Wildman–Crippen LogP) is 0.496. The molecule has 52 valence electrons. The number of hydrogen-bond acceptors (Lipinski definition) is 2. The number of aromatic amines is 1. The summed E-state index contributed by atoms with van der Waals surface area (Å²) in [7, 11) is 0. The molecule has 3 nitrogen and oxygen atoms in total. The van der Waals surface area contributed by atoms with E-state index in [9.17, 15) is 9.59 Å². The molecule has 0 atom stereocenters. The van der Waals surface area contributed by atoms with Crippen molar-refractivity contribution < 1.29 is 4.79 Å². The van der Waals surface area contributed by atoms with E-state index in [1.54, 1.807) is 6.92 Å². The van der Waals surface area contributed by atoms with E-state index in [0.29, 0.717) is 11.8 Å². The summed E-state index contributed by atoms with van der Waals surface area (Å²) in [6.07, 6.45) is 2.19. The fourth-order valence-corrected chi connectivity index (χ4v) is 0.686. The van der Waals surface area contributed by atoms with Gasteiger partial charge in [0, 0.05) is 17.8 Å². The number of aryl methyl sites for hydroxylation is 1. The third kappa shape index (κ3) is 1.13. The molecule has 1 heterocycles. The molecule has 10 heavy (non-hydrogen) atoms. The third-order valence-corrected chi connectivity index (χ3v) is 1.30. The molecule has 0 aliphatic carbocycles. The summed E-state index contributed by atoms with van der Waals surface area (Å²) in [5, 5.41) is 0. The van der Waals surface area contributed by atoms with E-state index < -0.39 is 0 Å². The number of aldehydes is 1. The first kappa shape index (κ1) is 6.74. The van der Waals surface area contributed by atoms with Crippen LogP contribution in [0.2, 0.25) is 0 Å². The molecule has 3 heteroatoms. The molecule has 0 bridgehead atoms. The fraction of sp³-hybridized carbons (Fsp3) is 0.143. The van der Waals surface area contributed by atoms with Gasteiger partial charge in [0.2, 0.25) is 5.56 Å². The summed E-state index contributed by atoms with van der Waals surface area (Å²) in [6, 6.07) is 1.28. The maximum absolute atomic E-state index is 10.6. The first-order valence-electron chi connectivity index (χ1n) is 2.88. The third-order valence-electron chi connectivity index (χ3n) is 1.30. The Labute approximate surface area is 57.7 Å². The molecule has 0 fully saturated rings. The maximum atomic E-state index is 10.6. The Bertz CT molecular complexity index is 301. The lowest BCUT2D eigenvalue weighted by molar-refractivity contribution is 0.112. The number of rotatable bonds is 1. The van der Waals surface area contributed by atoms with Crippen molar-refractivity contribution in [2.45, 2.75) is 6.92 Å². The average molecular weight is 137 g/mol. The van der Waals surface area contributed by atoms with Gasteiger partial charge in [0.25, 0.3) is 0 Å². The Hall–Kier alpha value is -1.38. The van der Waals surface area contributed by atoms with Gasteiger partial charge in [-0.3, -0.25) is 9.59 Å². The summed E-state index contributed by atoms with van der Waals surface area (Å²) in [5.74, 6) is 0. The summed E-state index contributed by atoms with van der Waals surface area (Å²) < 4.78 is 0. The van der Waals surface area contributed by atoms with Gasteiger partial charge in [-0.1, -0.05) is 0 Å². The molecule has 0 aliphatic rings. The second-order valence-electron chi connectivity index (χ2n) is 2.05. The molecule has 0 aromatic carbocycles. The van der Waals surface area contributed by atoms with E-state index in [2.05, 4.69) is 4.98 Å². The van der Waals surface area contributed by atoms with Crippen LogP contribution in [-0.4, -0.2) is 11.3 Å². The number of H-pyrrole nitrogens is 1. The lowest BCUT2D eigenvalue weighted by Crippen LogP contribution is -2.05. The van der Waals surface area contributed by atoms with E-state index in [1.165, 1.54) is 12.3 Å². The van der Waals surface area contributed by atoms with Crippen LogP contribution in [0.15, 0.2) is 17.1 Å². The van der Waals surface area contributed by atoms with Crippen molar-refractivity contribution in [2.75, 3.05) is 0 Å². The second-order valence-corrected chi connectivity index (χ2v) is 2.05. The number of hydrogen-bond donors (Lipinski definition) is 1. The van der Waals surface area contributed by atoms with Crippen LogP contribution in [0.4, 0.5) is 0 Å². The number of aromatic nitrogens is 1. The Morgan fingerprint density at radius 1 is 1.60 bits per heavy atom. The molecule has 1 aromatic heterocycles. The fourth-order valence-electron chi connectivity index (χ4n) is 0.686. The van der Waals surface area contributed by atoms with Crippen molar-refractivity contribution in [3.05, 3.63) is 33.7 Å². The van der Waals surface area contributed by atoms with Crippen molar-refractivity contribution >= 4 is 6.29 Å². The molecular formula is C7H7NO2. The summed E-state index contributed by atoms with van der Waals surface area (Å²) in [6.45, 7) is 1.76. The summed E-state index contributed by atoms with van der Waals surface area (Å²) >= 11 is 0. The van der Waals surface area contributed by atoms with E-state index in [1.807, 2.05) is 0 Å².